The van der Waals surface area contributed by atoms with Crippen LogP contribution in [-0.4, -0.2) is 17.5 Å². The fourth-order valence-corrected chi connectivity index (χ4v) is 3.17. The van der Waals surface area contributed by atoms with Crippen LogP contribution in [0.1, 0.15) is 27.7 Å². The summed E-state index contributed by atoms with van der Waals surface area (Å²) in [5, 5.41) is 3.80. The second-order valence-corrected chi connectivity index (χ2v) is 6.56. The van der Waals surface area contributed by atoms with Gasteiger partial charge < -0.3 is 10.1 Å². The fourth-order valence-electron chi connectivity index (χ4n) is 2.34. The molecular weight excluding hydrogens is 332 g/mol. The van der Waals surface area contributed by atoms with Crippen molar-refractivity contribution in [1.29, 1.82) is 0 Å². The van der Waals surface area contributed by atoms with E-state index in [0.717, 1.165) is 21.7 Å². The lowest BCUT2D eigenvalue weighted by molar-refractivity contribution is 0.0954. The number of benzene rings is 2. The highest BCUT2D eigenvalue weighted by molar-refractivity contribution is 7.16. The van der Waals surface area contributed by atoms with Crippen LogP contribution < -0.4 is 5.32 Å². The summed E-state index contributed by atoms with van der Waals surface area (Å²) in [6.07, 6.45) is 1.63. The third kappa shape index (κ3) is 4.75. The number of nitrogens with one attached hydrogen (secondary N) is 1. The van der Waals surface area contributed by atoms with E-state index < -0.39 is 0 Å². The van der Waals surface area contributed by atoms with Gasteiger partial charge in [0.2, 0.25) is 0 Å². The van der Waals surface area contributed by atoms with Crippen molar-refractivity contribution in [1.82, 2.24) is 10.3 Å². The normalized spacial score (nSPS) is 10.6. The van der Waals surface area contributed by atoms with Gasteiger partial charge in [-0.25, -0.2) is 4.98 Å². The highest BCUT2D eigenvalue weighted by atomic mass is 32.1. The van der Waals surface area contributed by atoms with Crippen LogP contribution in [0.4, 0.5) is 0 Å². The van der Waals surface area contributed by atoms with Crippen LogP contribution in [0.5, 0.6) is 0 Å². The van der Waals surface area contributed by atoms with Gasteiger partial charge in [-0.05, 0) is 18.1 Å². The summed E-state index contributed by atoms with van der Waals surface area (Å²) >= 11 is 1.40. The summed E-state index contributed by atoms with van der Waals surface area (Å²) in [5.74, 6) is -0.0990. The second-order valence-electron chi connectivity index (χ2n) is 5.53. The van der Waals surface area contributed by atoms with Gasteiger partial charge in [-0.2, -0.15) is 0 Å². The van der Waals surface area contributed by atoms with Crippen molar-refractivity contribution in [2.45, 2.75) is 20.1 Å². The smallest absolute Gasteiger partial charge is 0.263 e. The van der Waals surface area contributed by atoms with Gasteiger partial charge >= 0.3 is 0 Å². The van der Waals surface area contributed by atoms with Crippen LogP contribution >= 0.6 is 11.3 Å². The molecule has 0 bridgehead atoms. The molecule has 1 amide bonds. The SMILES string of the molecule is CCOCc1ccc(CNC(=O)c2cnc(-c3ccccc3)s2)cc1. The number of carbonyl (C=O) groups is 1. The Bertz CT molecular complexity index is 813. The zero-order chi connectivity index (χ0) is 17.5. The number of nitrogens with zero attached hydrogens (tertiary/aromatic N) is 1. The Balaban J connectivity index is 1.57. The molecule has 0 atom stereocenters. The predicted octanol–water partition coefficient (Wildman–Crippen LogP) is 4.28. The van der Waals surface area contributed by atoms with Gasteiger partial charge in [0.25, 0.3) is 5.91 Å². The summed E-state index contributed by atoms with van der Waals surface area (Å²) in [5.41, 5.74) is 3.21. The first-order chi connectivity index (χ1) is 12.3. The molecule has 2 aromatic carbocycles. The van der Waals surface area contributed by atoms with Gasteiger partial charge in [0.1, 0.15) is 9.88 Å². The van der Waals surface area contributed by atoms with E-state index in [4.69, 9.17) is 4.74 Å². The van der Waals surface area contributed by atoms with Crippen molar-refractivity contribution in [2.24, 2.45) is 0 Å². The van der Waals surface area contributed by atoms with Crippen LogP contribution in [0.25, 0.3) is 10.6 Å². The molecule has 0 aliphatic heterocycles. The molecule has 0 spiro atoms. The van der Waals surface area contributed by atoms with Crippen LogP contribution in [0.2, 0.25) is 0 Å². The second kappa shape index (κ2) is 8.55. The van der Waals surface area contributed by atoms with E-state index in [1.165, 1.54) is 11.3 Å². The molecule has 1 heterocycles. The molecule has 0 unspecified atom stereocenters. The Hall–Kier alpha value is -2.50. The van der Waals surface area contributed by atoms with Gasteiger partial charge in [-0.3, -0.25) is 4.79 Å². The Morgan fingerprint density at radius 1 is 1.08 bits per heavy atom. The zero-order valence-electron chi connectivity index (χ0n) is 14.1. The van der Waals surface area contributed by atoms with E-state index in [1.54, 1.807) is 6.20 Å². The van der Waals surface area contributed by atoms with Gasteiger partial charge in [-0.1, -0.05) is 54.6 Å². The van der Waals surface area contributed by atoms with Crippen molar-refractivity contribution in [3.05, 3.63) is 76.8 Å². The fraction of sp³-hybridized carbons (Fsp3) is 0.200. The minimum absolute atomic E-state index is 0.0990. The minimum atomic E-state index is -0.0990. The highest BCUT2D eigenvalue weighted by Gasteiger charge is 2.11. The van der Waals surface area contributed by atoms with Gasteiger partial charge in [0.05, 0.1) is 12.8 Å². The van der Waals surface area contributed by atoms with Crippen molar-refractivity contribution < 1.29 is 9.53 Å². The summed E-state index contributed by atoms with van der Waals surface area (Å²) in [6, 6.07) is 17.9. The molecule has 1 N–H and O–H groups in total. The van der Waals surface area contributed by atoms with E-state index in [1.807, 2.05) is 61.5 Å². The first-order valence-electron chi connectivity index (χ1n) is 8.21. The maximum Gasteiger partial charge on any atom is 0.263 e. The molecule has 3 rings (SSSR count). The zero-order valence-corrected chi connectivity index (χ0v) is 14.9. The van der Waals surface area contributed by atoms with Crippen molar-refractivity contribution in [2.75, 3.05) is 6.61 Å². The number of hydrogen-bond acceptors (Lipinski definition) is 4. The predicted molar refractivity (Wildman–Crippen MR) is 100 cm³/mol. The van der Waals surface area contributed by atoms with Crippen LogP contribution in [-0.2, 0) is 17.9 Å². The largest absolute Gasteiger partial charge is 0.377 e. The molecule has 0 aliphatic carbocycles. The molecule has 0 saturated heterocycles. The summed E-state index contributed by atoms with van der Waals surface area (Å²) in [7, 11) is 0. The Kier molecular flexibility index (Phi) is 5.93. The lowest BCUT2D eigenvalue weighted by atomic mass is 10.1. The Morgan fingerprint density at radius 2 is 1.80 bits per heavy atom. The number of thiazole rings is 1. The van der Waals surface area contributed by atoms with Gasteiger partial charge in [0, 0.05) is 18.7 Å². The third-order valence-electron chi connectivity index (χ3n) is 3.70. The maximum atomic E-state index is 12.3. The quantitative estimate of drug-likeness (QED) is 0.690. The number of aromatic nitrogens is 1. The molecule has 0 fully saturated rings. The number of rotatable bonds is 7. The Morgan fingerprint density at radius 3 is 2.52 bits per heavy atom. The van der Waals surface area contributed by atoms with Gasteiger partial charge in [-0.15, -0.1) is 11.3 Å². The van der Waals surface area contributed by atoms with Crippen molar-refractivity contribution >= 4 is 17.2 Å². The lowest BCUT2D eigenvalue weighted by Crippen LogP contribution is -2.21. The van der Waals surface area contributed by atoms with E-state index in [2.05, 4.69) is 10.3 Å². The number of carbonyl (C=O) groups excluding carboxylic acids is 1. The first kappa shape index (κ1) is 17.3. The molecule has 0 saturated carbocycles. The molecule has 0 radical (unpaired) electrons. The minimum Gasteiger partial charge on any atom is -0.377 e. The van der Waals surface area contributed by atoms with E-state index in [0.29, 0.717) is 24.6 Å². The lowest BCUT2D eigenvalue weighted by Gasteiger charge is -2.06. The van der Waals surface area contributed by atoms with Crippen LogP contribution in [0.15, 0.2) is 60.8 Å². The molecular formula is C20H20N2O2S. The number of amides is 1. The monoisotopic (exact) mass is 352 g/mol. The average molecular weight is 352 g/mol. The molecule has 25 heavy (non-hydrogen) atoms. The van der Waals surface area contributed by atoms with E-state index in [9.17, 15) is 4.79 Å². The molecule has 0 aliphatic rings. The van der Waals surface area contributed by atoms with Crippen molar-refractivity contribution in [3.63, 3.8) is 0 Å². The summed E-state index contributed by atoms with van der Waals surface area (Å²) < 4.78 is 5.38. The average Bonchev–Trinajstić information content (AvgIpc) is 3.16. The van der Waals surface area contributed by atoms with Gasteiger partial charge in [0.15, 0.2) is 0 Å². The Labute approximate surface area is 151 Å². The molecule has 5 heteroatoms. The molecule has 3 aromatic rings. The molecule has 1 aromatic heterocycles. The van der Waals surface area contributed by atoms with Crippen LogP contribution in [0, 0.1) is 0 Å². The first-order valence-corrected chi connectivity index (χ1v) is 9.03. The summed E-state index contributed by atoms with van der Waals surface area (Å²) in [4.78, 5) is 17.3. The summed E-state index contributed by atoms with van der Waals surface area (Å²) in [6.45, 7) is 3.79. The molecule has 4 nitrogen and oxygen atoms in total. The number of hydrogen-bond donors (Lipinski definition) is 1. The molecule has 128 valence electrons. The highest BCUT2D eigenvalue weighted by Crippen LogP contribution is 2.24. The van der Waals surface area contributed by atoms with Crippen molar-refractivity contribution in [3.8, 4) is 10.6 Å². The van der Waals surface area contributed by atoms with E-state index in [-0.39, 0.29) is 5.91 Å². The van der Waals surface area contributed by atoms with E-state index >= 15 is 0 Å². The van der Waals surface area contributed by atoms with Crippen LogP contribution in [0.3, 0.4) is 0 Å². The standard InChI is InChI=1S/C20H20N2O2S/c1-2-24-14-16-10-8-15(9-11-16)12-21-19(23)18-13-22-20(25-18)17-6-4-3-5-7-17/h3-11,13H,2,12,14H2,1H3,(H,21,23). The third-order valence-corrected chi connectivity index (χ3v) is 4.74. The maximum absolute atomic E-state index is 12.3. The number of ether oxygens (including phenoxy) is 1. The topological polar surface area (TPSA) is 51.2 Å².